The van der Waals surface area contributed by atoms with Crippen molar-refractivity contribution in [2.24, 2.45) is 0 Å². The first-order valence-electron chi connectivity index (χ1n) is 14.8. The van der Waals surface area contributed by atoms with Gasteiger partial charge in [-0.15, -0.1) is 0 Å². The van der Waals surface area contributed by atoms with Gasteiger partial charge in [0, 0.05) is 22.3 Å². The Balaban J connectivity index is 1.59. The van der Waals surface area contributed by atoms with Crippen LogP contribution in [-0.4, -0.2) is 0 Å². The molecule has 1 nitrogen and oxygen atoms in total. The van der Waals surface area contributed by atoms with Gasteiger partial charge in [0.15, 0.2) is 0 Å². The lowest BCUT2D eigenvalue weighted by Crippen LogP contribution is -1.96. The minimum atomic E-state index is 0.877. The molecule has 6 aromatic rings. The summed E-state index contributed by atoms with van der Waals surface area (Å²) >= 11 is 0. The molecule has 43 heavy (non-hydrogen) atoms. The maximum Gasteiger partial charge on any atom is 0.143 e. The maximum absolute atomic E-state index is 7.24. The lowest BCUT2D eigenvalue weighted by atomic mass is 9.87. The number of ether oxygens (including phenoxy) is 1. The smallest absolute Gasteiger partial charge is 0.143 e. The Bertz CT molecular complexity index is 1980. The normalized spacial score (nSPS) is 12.2. The molecule has 1 heteroatoms. The van der Waals surface area contributed by atoms with Crippen LogP contribution >= 0.6 is 0 Å². The Morgan fingerprint density at radius 3 is 1.42 bits per heavy atom. The van der Waals surface area contributed by atoms with Crippen molar-refractivity contribution in [1.29, 1.82) is 0 Å². The second kappa shape index (κ2) is 11.5. The topological polar surface area (TPSA) is 9.23 Å². The number of rotatable bonds is 5. The van der Waals surface area contributed by atoms with E-state index in [0.29, 0.717) is 0 Å². The minimum absolute atomic E-state index is 0.877. The van der Waals surface area contributed by atoms with E-state index in [2.05, 4.69) is 172 Å². The van der Waals surface area contributed by atoms with Crippen LogP contribution in [0.25, 0.3) is 61.2 Å². The van der Waals surface area contributed by atoms with E-state index in [1.165, 1.54) is 11.1 Å². The van der Waals surface area contributed by atoms with E-state index in [-0.39, 0.29) is 0 Å². The highest BCUT2D eigenvalue weighted by Crippen LogP contribution is 2.54. The average molecular weight is 553 g/mol. The lowest BCUT2D eigenvalue weighted by Gasteiger charge is -2.20. The van der Waals surface area contributed by atoms with Gasteiger partial charge in [0.25, 0.3) is 0 Å². The monoisotopic (exact) mass is 552 g/mol. The number of fused-ring (bicyclic) bond motifs is 5. The van der Waals surface area contributed by atoms with Gasteiger partial charge in [0.1, 0.15) is 11.5 Å². The number of allylic oxidation sites excluding steroid dienone is 4. The van der Waals surface area contributed by atoms with Crippen molar-refractivity contribution in [3.8, 4) is 67.1 Å². The lowest BCUT2D eigenvalue weighted by molar-refractivity contribution is 0.491. The summed E-state index contributed by atoms with van der Waals surface area (Å²) in [6, 6.07) is 49.6. The van der Waals surface area contributed by atoms with Crippen molar-refractivity contribution in [2.45, 2.75) is 13.8 Å². The molecule has 0 radical (unpaired) electrons. The summed E-state index contributed by atoms with van der Waals surface area (Å²) < 4.78 is 7.24. The van der Waals surface area contributed by atoms with Crippen LogP contribution in [-0.2, 0) is 0 Å². The molecule has 6 aromatic carbocycles. The molecular formula is C42H32O. The Morgan fingerprint density at radius 1 is 0.442 bits per heavy atom. The predicted octanol–water partition coefficient (Wildman–Crippen LogP) is 12.1. The molecule has 1 aliphatic heterocycles. The highest BCUT2D eigenvalue weighted by atomic mass is 16.5. The average Bonchev–Trinajstić information content (AvgIpc) is 3.22. The van der Waals surface area contributed by atoms with Crippen molar-refractivity contribution in [3.63, 3.8) is 0 Å². The molecule has 0 atom stereocenters. The Morgan fingerprint density at radius 2 is 0.884 bits per heavy atom. The van der Waals surface area contributed by atoms with Crippen LogP contribution in [0.2, 0.25) is 0 Å². The van der Waals surface area contributed by atoms with E-state index >= 15 is 0 Å². The number of benzene rings is 6. The molecule has 206 valence electrons. The standard InChI is InChI=1S/C42H32O/c1-3-16-29(4-2)33-25-37(31-19-10-6-11-20-31)41-39(27-33)35-23-14-15-24-36(35)40-28-34(30-17-8-5-9-18-30)26-38(42(40)43-41)32-21-12-7-13-22-32/h3-28H,1-2H3. The van der Waals surface area contributed by atoms with Gasteiger partial charge >= 0.3 is 0 Å². The fourth-order valence-electron chi connectivity index (χ4n) is 6.10. The molecule has 1 aliphatic rings. The van der Waals surface area contributed by atoms with Gasteiger partial charge < -0.3 is 4.74 Å². The van der Waals surface area contributed by atoms with Crippen molar-refractivity contribution < 1.29 is 4.74 Å². The summed E-state index contributed by atoms with van der Waals surface area (Å²) in [5.41, 5.74) is 13.6. The number of hydrogen-bond donors (Lipinski definition) is 0. The van der Waals surface area contributed by atoms with Gasteiger partial charge in [-0.2, -0.15) is 0 Å². The fraction of sp³-hybridized carbons (Fsp3) is 0.0476. The fourth-order valence-corrected chi connectivity index (χ4v) is 6.10. The molecule has 0 spiro atoms. The Kier molecular flexibility index (Phi) is 7.07. The van der Waals surface area contributed by atoms with E-state index in [4.69, 9.17) is 4.74 Å². The van der Waals surface area contributed by atoms with Crippen LogP contribution in [0, 0.1) is 0 Å². The zero-order chi connectivity index (χ0) is 29.2. The summed E-state index contributed by atoms with van der Waals surface area (Å²) in [5.74, 6) is 1.75. The molecule has 0 aliphatic carbocycles. The second-order valence-electron chi connectivity index (χ2n) is 10.8. The minimum Gasteiger partial charge on any atom is -0.455 e. The van der Waals surface area contributed by atoms with Gasteiger partial charge in [0.2, 0.25) is 0 Å². The molecule has 0 unspecified atom stereocenters. The second-order valence-corrected chi connectivity index (χ2v) is 10.8. The summed E-state index contributed by atoms with van der Waals surface area (Å²) in [6.45, 7) is 4.16. The molecule has 0 bridgehead atoms. The van der Waals surface area contributed by atoms with E-state index in [1.54, 1.807) is 0 Å². The molecule has 0 amide bonds. The highest BCUT2D eigenvalue weighted by Gasteiger charge is 2.27. The molecular weight excluding hydrogens is 520 g/mol. The van der Waals surface area contributed by atoms with E-state index < -0.39 is 0 Å². The molecule has 0 saturated carbocycles. The van der Waals surface area contributed by atoms with Crippen LogP contribution in [0.15, 0.2) is 158 Å². The quantitative estimate of drug-likeness (QED) is 0.193. The van der Waals surface area contributed by atoms with Gasteiger partial charge in [0.05, 0.1) is 0 Å². The molecule has 0 saturated heterocycles. The summed E-state index contributed by atoms with van der Waals surface area (Å²) in [5, 5.41) is 0. The van der Waals surface area contributed by atoms with Gasteiger partial charge in [-0.1, -0.05) is 133 Å². The van der Waals surface area contributed by atoms with Gasteiger partial charge in [-0.05, 0) is 82.6 Å². The van der Waals surface area contributed by atoms with Crippen LogP contribution in [0.1, 0.15) is 19.4 Å². The molecule has 0 N–H and O–H groups in total. The number of hydrogen-bond acceptors (Lipinski definition) is 1. The largest absolute Gasteiger partial charge is 0.455 e. The van der Waals surface area contributed by atoms with Gasteiger partial charge in [-0.25, -0.2) is 0 Å². The molecule has 7 rings (SSSR count). The SMILES string of the molecule is CC=CC(=CC)c1cc(-c2ccccc2)c2c(c1)-c1ccccc1-c1cc(-c3ccccc3)cc(-c3ccccc3)c1O2. The van der Waals surface area contributed by atoms with E-state index in [0.717, 1.165) is 67.1 Å². The Labute approximate surface area is 254 Å². The van der Waals surface area contributed by atoms with Crippen molar-refractivity contribution in [3.05, 3.63) is 163 Å². The first-order valence-corrected chi connectivity index (χ1v) is 14.8. The summed E-state index contributed by atoms with van der Waals surface area (Å²) in [6.07, 6.45) is 6.45. The van der Waals surface area contributed by atoms with Crippen molar-refractivity contribution >= 4 is 5.57 Å². The first-order chi connectivity index (χ1) is 21.2. The highest BCUT2D eigenvalue weighted by molar-refractivity contribution is 5.99. The van der Waals surface area contributed by atoms with Crippen molar-refractivity contribution in [1.82, 2.24) is 0 Å². The van der Waals surface area contributed by atoms with E-state index in [1.807, 2.05) is 0 Å². The first kappa shape index (κ1) is 26.5. The molecule has 0 aromatic heterocycles. The zero-order valence-corrected chi connectivity index (χ0v) is 24.4. The maximum atomic E-state index is 7.24. The molecule has 1 heterocycles. The van der Waals surface area contributed by atoms with Crippen LogP contribution in [0.3, 0.4) is 0 Å². The summed E-state index contributed by atoms with van der Waals surface area (Å²) in [4.78, 5) is 0. The van der Waals surface area contributed by atoms with Crippen LogP contribution < -0.4 is 4.74 Å². The molecule has 0 fully saturated rings. The van der Waals surface area contributed by atoms with Gasteiger partial charge in [-0.3, -0.25) is 0 Å². The third-order valence-electron chi connectivity index (χ3n) is 8.16. The Hall–Kier alpha value is -5.40. The summed E-state index contributed by atoms with van der Waals surface area (Å²) in [7, 11) is 0. The zero-order valence-electron chi connectivity index (χ0n) is 24.4. The van der Waals surface area contributed by atoms with Crippen LogP contribution in [0.4, 0.5) is 0 Å². The van der Waals surface area contributed by atoms with Crippen LogP contribution in [0.5, 0.6) is 11.5 Å². The van der Waals surface area contributed by atoms with E-state index in [9.17, 15) is 0 Å². The predicted molar refractivity (Wildman–Crippen MR) is 182 cm³/mol. The third kappa shape index (κ3) is 4.90. The third-order valence-corrected chi connectivity index (χ3v) is 8.16. The van der Waals surface area contributed by atoms with Crippen molar-refractivity contribution in [2.75, 3.05) is 0 Å².